The van der Waals surface area contributed by atoms with E-state index in [1.165, 1.54) is 0 Å². The van der Waals surface area contributed by atoms with Crippen LogP contribution >= 0.6 is 11.6 Å². The number of halogens is 1. The lowest BCUT2D eigenvalue weighted by Gasteiger charge is -2.15. The molecule has 0 spiro atoms. The first-order valence-electron chi connectivity index (χ1n) is 6.66. The van der Waals surface area contributed by atoms with Crippen LogP contribution in [0.1, 0.15) is 44.2 Å². The number of nitriles is 1. The van der Waals surface area contributed by atoms with Gasteiger partial charge >= 0.3 is 0 Å². The molecule has 3 heteroatoms. The average molecular weight is 280 g/mol. The van der Waals surface area contributed by atoms with Crippen molar-refractivity contribution in [3.8, 4) is 11.8 Å². The first-order valence-corrected chi connectivity index (χ1v) is 7.04. The van der Waals surface area contributed by atoms with Gasteiger partial charge in [-0.15, -0.1) is 0 Å². The van der Waals surface area contributed by atoms with Crippen LogP contribution in [0, 0.1) is 30.6 Å². The van der Waals surface area contributed by atoms with E-state index in [-0.39, 0.29) is 5.41 Å². The van der Waals surface area contributed by atoms with Gasteiger partial charge in [-0.2, -0.15) is 5.26 Å². The molecule has 0 fully saturated rings. The topological polar surface area (TPSA) is 33.0 Å². The lowest BCUT2D eigenvalue weighted by Crippen LogP contribution is -2.08. The molecule has 0 aliphatic rings. The molecule has 0 unspecified atom stereocenters. The third kappa shape index (κ3) is 5.12. The molecule has 0 heterocycles. The van der Waals surface area contributed by atoms with Gasteiger partial charge in [0.15, 0.2) is 0 Å². The molecule has 0 radical (unpaired) electrons. The summed E-state index contributed by atoms with van der Waals surface area (Å²) in [4.78, 5) is 0. The number of aryl methyl sites for hydroxylation is 2. The van der Waals surface area contributed by atoms with E-state index in [1.54, 1.807) is 0 Å². The zero-order valence-electron chi connectivity index (χ0n) is 12.2. The Morgan fingerprint density at radius 3 is 2.32 bits per heavy atom. The summed E-state index contributed by atoms with van der Waals surface area (Å²) < 4.78 is 5.83. The molecule has 19 heavy (non-hydrogen) atoms. The standard InChI is InChI=1S/C16H22ClNO/c1-12-9-14(17)10-13(2)15(12)19-8-6-5-7-16(3,4)11-18/h9-10H,5-8H2,1-4H3. The highest BCUT2D eigenvalue weighted by Gasteiger charge is 2.15. The lowest BCUT2D eigenvalue weighted by molar-refractivity contribution is 0.291. The van der Waals surface area contributed by atoms with Crippen molar-refractivity contribution in [1.82, 2.24) is 0 Å². The van der Waals surface area contributed by atoms with E-state index in [4.69, 9.17) is 21.6 Å². The van der Waals surface area contributed by atoms with Gasteiger partial charge in [-0.25, -0.2) is 0 Å². The summed E-state index contributed by atoms with van der Waals surface area (Å²) in [5.74, 6) is 0.934. The first kappa shape index (κ1) is 15.9. The minimum absolute atomic E-state index is 0.230. The molecule has 0 saturated carbocycles. The fourth-order valence-corrected chi connectivity index (χ4v) is 2.35. The van der Waals surface area contributed by atoms with E-state index < -0.39 is 0 Å². The van der Waals surface area contributed by atoms with Crippen molar-refractivity contribution >= 4 is 11.6 Å². The largest absolute Gasteiger partial charge is 0.493 e. The third-order valence-electron chi connectivity index (χ3n) is 3.17. The zero-order valence-corrected chi connectivity index (χ0v) is 13.0. The van der Waals surface area contributed by atoms with E-state index in [1.807, 2.05) is 39.8 Å². The Morgan fingerprint density at radius 2 is 1.79 bits per heavy atom. The van der Waals surface area contributed by atoms with Crippen LogP contribution in [0.3, 0.4) is 0 Å². The van der Waals surface area contributed by atoms with Gasteiger partial charge in [-0.3, -0.25) is 0 Å². The fraction of sp³-hybridized carbons (Fsp3) is 0.562. The van der Waals surface area contributed by atoms with E-state index in [0.29, 0.717) is 6.61 Å². The zero-order chi connectivity index (χ0) is 14.5. The first-order chi connectivity index (χ1) is 8.85. The van der Waals surface area contributed by atoms with Crippen molar-refractivity contribution < 1.29 is 4.74 Å². The normalized spacial score (nSPS) is 11.2. The number of hydrogen-bond donors (Lipinski definition) is 0. The van der Waals surface area contributed by atoms with Gasteiger partial charge in [0.05, 0.1) is 18.1 Å². The number of rotatable bonds is 6. The highest BCUT2D eigenvalue weighted by atomic mass is 35.5. The number of benzene rings is 1. The molecule has 1 aromatic rings. The maximum absolute atomic E-state index is 8.93. The molecule has 2 nitrogen and oxygen atoms in total. The van der Waals surface area contributed by atoms with Crippen LogP contribution in [0.25, 0.3) is 0 Å². The summed E-state index contributed by atoms with van der Waals surface area (Å²) in [6.45, 7) is 8.65. The maximum Gasteiger partial charge on any atom is 0.125 e. The van der Waals surface area contributed by atoms with E-state index in [0.717, 1.165) is 41.2 Å². The van der Waals surface area contributed by atoms with Crippen molar-refractivity contribution in [3.05, 3.63) is 28.3 Å². The molecule has 0 saturated heterocycles. The number of hydrogen-bond acceptors (Lipinski definition) is 2. The van der Waals surface area contributed by atoms with Crippen LogP contribution in [0.5, 0.6) is 5.75 Å². The number of nitrogens with zero attached hydrogens (tertiary/aromatic N) is 1. The Morgan fingerprint density at radius 1 is 1.21 bits per heavy atom. The van der Waals surface area contributed by atoms with E-state index in [9.17, 15) is 0 Å². The van der Waals surface area contributed by atoms with Crippen LogP contribution in [0.4, 0.5) is 0 Å². The van der Waals surface area contributed by atoms with Crippen molar-refractivity contribution in [1.29, 1.82) is 5.26 Å². The molecule has 0 atom stereocenters. The van der Waals surface area contributed by atoms with E-state index >= 15 is 0 Å². The van der Waals surface area contributed by atoms with Gasteiger partial charge in [0, 0.05) is 5.02 Å². The summed E-state index contributed by atoms with van der Waals surface area (Å²) in [5, 5.41) is 9.68. The van der Waals surface area contributed by atoms with Crippen molar-refractivity contribution in [2.45, 2.75) is 47.0 Å². The highest BCUT2D eigenvalue weighted by molar-refractivity contribution is 6.30. The smallest absolute Gasteiger partial charge is 0.125 e. The second-order valence-electron chi connectivity index (χ2n) is 5.67. The van der Waals surface area contributed by atoms with Gasteiger partial charge in [0.2, 0.25) is 0 Å². The Kier molecular flexibility index (Phi) is 5.69. The van der Waals surface area contributed by atoms with Crippen molar-refractivity contribution in [2.75, 3.05) is 6.61 Å². The molecule has 1 aromatic carbocycles. The van der Waals surface area contributed by atoms with Gasteiger partial charge in [-0.1, -0.05) is 11.6 Å². The van der Waals surface area contributed by atoms with Crippen LogP contribution < -0.4 is 4.74 Å². The molecule has 1 rings (SSSR count). The quantitative estimate of drug-likeness (QED) is 0.682. The summed E-state index contributed by atoms with van der Waals surface area (Å²) in [5.41, 5.74) is 1.91. The molecule has 0 amide bonds. The van der Waals surface area contributed by atoms with Crippen LogP contribution in [-0.4, -0.2) is 6.61 Å². The molecule has 0 bridgehead atoms. The Bertz CT molecular complexity index is 451. The van der Waals surface area contributed by atoms with Gasteiger partial charge < -0.3 is 4.74 Å². The SMILES string of the molecule is Cc1cc(Cl)cc(C)c1OCCCCC(C)(C)C#N. The van der Waals surface area contributed by atoms with Crippen molar-refractivity contribution in [2.24, 2.45) is 5.41 Å². The molecule has 0 aromatic heterocycles. The summed E-state index contributed by atoms with van der Waals surface area (Å²) in [7, 11) is 0. The second-order valence-corrected chi connectivity index (χ2v) is 6.11. The number of ether oxygens (including phenoxy) is 1. The summed E-state index contributed by atoms with van der Waals surface area (Å²) >= 11 is 5.99. The maximum atomic E-state index is 8.93. The Labute approximate surface area is 121 Å². The Balaban J connectivity index is 2.41. The Hall–Kier alpha value is -1.20. The van der Waals surface area contributed by atoms with Gasteiger partial charge in [-0.05, 0) is 70.2 Å². The molecule has 104 valence electrons. The summed E-state index contributed by atoms with van der Waals surface area (Å²) in [6, 6.07) is 6.16. The second kappa shape index (κ2) is 6.82. The minimum Gasteiger partial charge on any atom is -0.493 e. The molecule has 0 aliphatic heterocycles. The predicted octanol–water partition coefficient (Wildman–Crippen LogP) is 5.06. The van der Waals surface area contributed by atoms with Gasteiger partial charge in [0.25, 0.3) is 0 Å². The minimum atomic E-state index is -0.230. The van der Waals surface area contributed by atoms with Crippen LogP contribution in [-0.2, 0) is 0 Å². The molecule has 0 N–H and O–H groups in total. The van der Waals surface area contributed by atoms with Crippen molar-refractivity contribution in [3.63, 3.8) is 0 Å². The molecular weight excluding hydrogens is 258 g/mol. The number of unbranched alkanes of at least 4 members (excludes halogenated alkanes) is 1. The van der Waals surface area contributed by atoms with E-state index in [2.05, 4.69) is 6.07 Å². The predicted molar refractivity (Wildman–Crippen MR) is 79.7 cm³/mol. The monoisotopic (exact) mass is 279 g/mol. The average Bonchev–Trinajstić information content (AvgIpc) is 2.31. The summed E-state index contributed by atoms with van der Waals surface area (Å²) in [6.07, 6.45) is 2.88. The van der Waals surface area contributed by atoms with Crippen LogP contribution in [0.2, 0.25) is 5.02 Å². The molecular formula is C16H22ClNO. The third-order valence-corrected chi connectivity index (χ3v) is 3.39. The van der Waals surface area contributed by atoms with Crippen LogP contribution in [0.15, 0.2) is 12.1 Å². The fourth-order valence-electron chi connectivity index (χ4n) is 2.02. The lowest BCUT2D eigenvalue weighted by atomic mass is 9.89. The molecule has 0 aliphatic carbocycles. The highest BCUT2D eigenvalue weighted by Crippen LogP contribution is 2.27. The van der Waals surface area contributed by atoms with Gasteiger partial charge in [0.1, 0.15) is 5.75 Å².